The summed E-state index contributed by atoms with van der Waals surface area (Å²) in [6, 6.07) is 14.1. The van der Waals surface area contributed by atoms with E-state index in [4.69, 9.17) is 5.10 Å². The van der Waals surface area contributed by atoms with Gasteiger partial charge in [-0.3, -0.25) is 0 Å². The van der Waals surface area contributed by atoms with Crippen LogP contribution in [0.3, 0.4) is 0 Å². The van der Waals surface area contributed by atoms with Crippen molar-refractivity contribution in [2.75, 3.05) is 6.54 Å². The number of rotatable bonds is 3. The second-order valence-electron chi connectivity index (χ2n) is 5.97. The number of hydrogen-bond donors (Lipinski definition) is 1. The zero-order chi connectivity index (χ0) is 16.5. The fraction of sp³-hybridized carbons (Fsp3) is 0.211. The molecule has 5 heteroatoms. The Balaban J connectivity index is 1.78. The van der Waals surface area contributed by atoms with Gasteiger partial charge < -0.3 is 5.32 Å². The van der Waals surface area contributed by atoms with Crippen LogP contribution >= 0.6 is 0 Å². The van der Waals surface area contributed by atoms with Crippen LogP contribution in [0.4, 0.5) is 8.78 Å². The van der Waals surface area contributed by atoms with Crippen LogP contribution in [0, 0.1) is 11.6 Å². The van der Waals surface area contributed by atoms with Gasteiger partial charge in [0.05, 0.1) is 17.1 Å². The highest BCUT2D eigenvalue weighted by Crippen LogP contribution is 2.24. The van der Waals surface area contributed by atoms with Crippen molar-refractivity contribution in [3.63, 3.8) is 0 Å². The van der Waals surface area contributed by atoms with Gasteiger partial charge >= 0.3 is 0 Å². The highest BCUT2D eigenvalue weighted by molar-refractivity contribution is 5.41. The molecule has 0 amide bonds. The minimum absolute atomic E-state index is 0.561. The molecule has 0 bridgehead atoms. The van der Waals surface area contributed by atoms with Crippen molar-refractivity contribution in [3.05, 3.63) is 82.7 Å². The van der Waals surface area contributed by atoms with Crippen molar-refractivity contribution in [3.8, 4) is 5.69 Å². The minimum atomic E-state index is -0.852. The Morgan fingerprint density at radius 1 is 1.04 bits per heavy atom. The van der Waals surface area contributed by atoms with Crippen molar-refractivity contribution >= 4 is 0 Å². The van der Waals surface area contributed by atoms with Gasteiger partial charge in [-0.1, -0.05) is 30.3 Å². The van der Waals surface area contributed by atoms with E-state index in [0.29, 0.717) is 5.69 Å². The lowest BCUT2D eigenvalue weighted by Gasteiger charge is -2.15. The van der Waals surface area contributed by atoms with Crippen LogP contribution in [0.5, 0.6) is 0 Å². The maximum absolute atomic E-state index is 13.6. The van der Waals surface area contributed by atoms with E-state index < -0.39 is 11.6 Å². The maximum Gasteiger partial charge on any atom is 0.160 e. The zero-order valence-corrected chi connectivity index (χ0v) is 13.1. The molecular weight excluding hydrogens is 308 g/mol. The molecule has 4 rings (SSSR count). The Morgan fingerprint density at radius 2 is 1.88 bits per heavy atom. The van der Waals surface area contributed by atoms with Crippen LogP contribution in [-0.4, -0.2) is 16.3 Å². The van der Waals surface area contributed by atoms with Gasteiger partial charge in [-0.05, 0) is 17.7 Å². The third kappa shape index (κ3) is 2.71. The smallest absolute Gasteiger partial charge is 0.160 e. The SMILES string of the molecule is Fc1ccc(-n2nc(Cc3ccccc3)c3c2CCNC3)cc1F. The first-order chi connectivity index (χ1) is 11.7. The summed E-state index contributed by atoms with van der Waals surface area (Å²) in [5, 5.41) is 8.08. The highest BCUT2D eigenvalue weighted by Gasteiger charge is 2.22. The lowest BCUT2D eigenvalue weighted by molar-refractivity contribution is 0.507. The Labute approximate surface area is 138 Å². The molecule has 0 fully saturated rings. The van der Waals surface area contributed by atoms with Crippen molar-refractivity contribution < 1.29 is 8.78 Å². The molecule has 0 spiro atoms. The van der Waals surface area contributed by atoms with E-state index in [1.54, 1.807) is 10.7 Å². The largest absolute Gasteiger partial charge is 0.312 e. The fourth-order valence-electron chi connectivity index (χ4n) is 3.18. The molecule has 0 aliphatic carbocycles. The Bertz CT molecular complexity index is 872. The summed E-state index contributed by atoms with van der Waals surface area (Å²) < 4.78 is 28.6. The molecule has 2 heterocycles. The number of nitrogens with zero attached hydrogens (tertiary/aromatic N) is 2. The molecule has 122 valence electrons. The second-order valence-corrected chi connectivity index (χ2v) is 5.97. The monoisotopic (exact) mass is 325 g/mol. The number of fused-ring (bicyclic) bond motifs is 1. The second kappa shape index (κ2) is 6.17. The first-order valence-corrected chi connectivity index (χ1v) is 8.02. The Morgan fingerprint density at radius 3 is 2.67 bits per heavy atom. The van der Waals surface area contributed by atoms with Gasteiger partial charge in [-0.2, -0.15) is 5.10 Å². The topological polar surface area (TPSA) is 29.9 Å². The summed E-state index contributed by atoms with van der Waals surface area (Å²) in [6.45, 7) is 1.61. The van der Waals surface area contributed by atoms with Crippen LogP contribution in [0.1, 0.15) is 22.5 Å². The van der Waals surface area contributed by atoms with E-state index in [1.165, 1.54) is 11.6 Å². The van der Waals surface area contributed by atoms with Crippen LogP contribution < -0.4 is 5.32 Å². The van der Waals surface area contributed by atoms with Crippen LogP contribution in [0.25, 0.3) is 5.69 Å². The van der Waals surface area contributed by atoms with Crippen molar-refractivity contribution in [1.82, 2.24) is 15.1 Å². The van der Waals surface area contributed by atoms with Crippen molar-refractivity contribution in [2.24, 2.45) is 0 Å². The van der Waals surface area contributed by atoms with Gasteiger partial charge in [-0.25, -0.2) is 13.5 Å². The molecule has 1 aliphatic heterocycles. The van der Waals surface area contributed by atoms with E-state index in [0.717, 1.165) is 48.9 Å². The minimum Gasteiger partial charge on any atom is -0.312 e. The molecule has 2 aromatic carbocycles. The molecule has 0 saturated heterocycles. The average molecular weight is 325 g/mol. The summed E-state index contributed by atoms with van der Waals surface area (Å²) in [5.74, 6) is -1.69. The average Bonchev–Trinajstić information content (AvgIpc) is 2.97. The zero-order valence-electron chi connectivity index (χ0n) is 13.1. The Hall–Kier alpha value is -2.53. The molecule has 1 aliphatic rings. The van der Waals surface area contributed by atoms with Crippen LogP contribution in [-0.2, 0) is 19.4 Å². The van der Waals surface area contributed by atoms with Crippen LogP contribution in [0.2, 0.25) is 0 Å². The van der Waals surface area contributed by atoms with Crippen molar-refractivity contribution in [2.45, 2.75) is 19.4 Å². The quantitative estimate of drug-likeness (QED) is 0.800. The lowest BCUT2D eigenvalue weighted by atomic mass is 10.0. The molecule has 0 saturated carbocycles. The van der Waals surface area contributed by atoms with Gasteiger partial charge in [0.25, 0.3) is 0 Å². The van der Waals surface area contributed by atoms with E-state index in [2.05, 4.69) is 17.4 Å². The van der Waals surface area contributed by atoms with E-state index in [1.807, 2.05) is 18.2 Å². The number of benzene rings is 2. The predicted molar refractivity (Wildman–Crippen MR) is 88.1 cm³/mol. The predicted octanol–water partition coefficient (Wildman–Crippen LogP) is 3.39. The molecule has 3 nitrogen and oxygen atoms in total. The summed E-state index contributed by atoms with van der Waals surface area (Å²) >= 11 is 0. The normalized spacial score (nSPS) is 13.8. The van der Waals surface area contributed by atoms with E-state index in [9.17, 15) is 8.78 Å². The van der Waals surface area contributed by atoms with Gasteiger partial charge in [0.1, 0.15) is 0 Å². The molecule has 24 heavy (non-hydrogen) atoms. The molecule has 1 N–H and O–H groups in total. The van der Waals surface area contributed by atoms with Gasteiger partial charge in [0.2, 0.25) is 0 Å². The molecule has 0 unspecified atom stereocenters. The highest BCUT2D eigenvalue weighted by atomic mass is 19.2. The third-order valence-electron chi connectivity index (χ3n) is 4.38. The van der Waals surface area contributed by atoms with Gasteiger partial charge in [0.15, 0.2) is 11.6 Å². The van der Waals surface area contributed by atoms with E-state index in [-0.39, 0.29) is 0 Å². The first kappa shape index (κ1) is 15.0. The standard InChI is InChI=1S/C19H17F2N3/c20-16-7-6-14(11-17(16)21)24-19-8-9-22-12-15(19)18(23-24)10-13-4-2-1-3-5-13/h1-7,11,22H,8-10,12H2. The fourth-order valence-corrected chi connectivity index (χ4v) is 3.18. The van der Waals surface area contributed by atoms with Gasteiger partial charge in [-0.15, -0.1) is 0 Å². The van der Waals surface area contributed by atoms with E-state index >= 15 is 0 Å². The maximum atomic E-state index is 13.6. The van der Waals surface area contributed by atoms with Gasteiger partial charge in [0, 0.05) is 37.6 Å². The summed E-state index contributed by atoms with van der Waals surface area (Å²) in [5.41, 5.74) is 4.96. The van der Waals surface area contributed by atoms with Crippen molar-refractivity contribution in [1.29, 1.82) is 0 Å². The number of halogens is 2. The number of hydrogen-bond acceptors (Lipinski definition) is 2. The number of aromatic nitrogens is 2. The molecule has 1 aromatic heterocycles. The summed E-state index contributed by atoms with van der Waals surface area (Å²) in [7, 11) is 0. The first-order valence-electron chi connectivity index (χ1n) is 8.02. The Kier molecular flexibility index (Phi) is 3.86. The molecular formula is C19H17F2N3. The number of nitrogens with one attached hydrogen (secondary N) is 1. The molecule has 3 aromatic rings. The van der Waals surface area contributed by atoms with Crippen LogP contribution in [0.15, 0.2) is 48.5 Å². The molecule has 0 radical (unpaired) electrons. The lowest BCUT2D eigenvalue weighted by Crippen LogP contribution is -2.25. The third-order valence-corrected chi connectivity index (χ3v) is 4.38. The molecule has 0 atom stereocenters. The summed E-state index contributed by atoms with van der Waals surface area (Å²) in [6.07, 6.45) is 1.54. The summed E-state index contributed by atoms with van der Waals surface area (Å²) in [4.78, 5) is 0.